The van der Waals surface area contributed by atoms with E-state index in [4.69, 9.17) is 4.74 Å². The maximum atomic E-state index is 12.0. The summed E-state index contributed by atoms with van der Waals surface area (Å²) in [5, 5.41) is 12.9. The molecule has 2 aliphatic rings. The van der Waals surface area contributed by atoms with E-state index < -0.39 is 0 Å². The van der Waals surface area contributed by atoms with Crippen molar-refractivity contribution >= 4 is 5.91 Å². The lowest BCUT2D eigenvalue weighted by atomic mass is 9.71. The molecule has 0 bridgehead atoms. The minimum atomic E-state index is 0.142. The summed E-state index contributed by atoms with van der Waals surface area (Å²) in [6.45, 7) is 4.18. The van der Waals surface area contributed by atoms with Gasteiger partial charge in [0.1, 0.15) is 0 Å². The van der Waals surface area contributed by atoms with Crippen molar-refractivity contribution in [1.29, 1.82) is 0 Å². The van der Waals surface area contributed by atoms with Gasteiger partial charge in [-0.15, -0.1) is 0 Å². The number of carbonyl (C=O) groups excluding carboxylic acids is 1. The van der Waals surface area contributed by atoms with E-state index in [2.05, 4.69) is 5.32 Å². The third-order valence-corrected chi connectivity index (χ3v) is 4.51. The van der Waals surface area contributed by atoms with Gasteiger partial charge in [-0.05, 0) is 31.3 Å². The molecule has 2 heterocycles. The van der Waals surface area contributed by atoms with Crippen molar-refractivity contribution in [2.24, 2.45) is 11.3 Å². The molecule has 5 nitrogen and oxygen atoms in total. The Labute approximate surface area is 108 Å². The summed E-state index contributed by atoms with van der Waals surface area (Å²) in [7, 11) is 1.61. The van der Waals surface area contributed by atoms with E-state index in [-0.39, 0.29) is 23.8 Å². The van der Waals surface area contributed by atoms with Crippen molar-refractivity contribution in [2.75, 3.05) is 46.5 Å². The lowest BCUT2D eigenvalue weighted by Crippen LogP contribution is -2.43. The summed E-state index contributed by atoms with van der Waals surface area (Å²) in [4.78, 5) is 14.0. The number of carbonyl (C=O) groups is 1. The monoisotopic (exact) mass is 256 g/mol. The molecule has 0 aromatic rings. The van der Waals surface area contributed by atoms with Crippen LogP contribution in [0.25, 0.3) is 0 Å². The number of piperidine rings is 1. The summed E-state index contributed by atoms with van der Waals surface area (Å²) in [5.41, 5.74) is 0.142. The molecule has 1 unspecified atom stereocenters. The topological polar surface area (TPSA) is 61.8 Å². The molecular weight excluding hydrogens is 232 g/mol. The number of hydrogen-bond donors (Lipinski definition) is 2. The van der Waals surface area contributed by atoms with Gasteiger partial charge in [0.05, 0.1) is 13.0 Å². The van der Waals surface area contributed by atoms with Gasteiger partial charge >= 0.3 is 0 Å². The molecule has 0 aliphatic carbocycles. The second-order valence-corrected chi connectivity index (χ2v) is 5.51. The molecule has 0 aromatic heterocycles. The first-order valence-corrected chi connectivity index (χ1v) is 6.80. The van der Waals surface area contributed by atoms with E-state index >= 15 is 0 Å². The lowest BCUT2D eigenvalue weighted by molar-refractivity contribution is -0.131. The van der Waals surface area contributed by atoms with Crippen LogP contribution in [0.2, 0.25) is 0 Å². The Morgan fingerprint density at radius 1 is 1.50 bits per heavy atom. The number of nitrogens with one attached hydrogen (secondary N) is 1. The molecule has 0 radical (unpaired) electrons. The van der Waals surface area contributed by atoms with Crippen LogP contribution in [-0.4, -0.2) is 62.4 Å². The highest BCUT2D eigenvalue weighted by atomic mass is 16.5. The molecule has 2 saturated heterocycles. The van der Waals surface area contributed by atoms with Crippen LogP contribution in [0, 0.1) is 11.3 Å². The number of amides is 1. The number of hydrogen-bond acceptors (Lipinski definition) is 4. The summed E-state index contributed by atoms with van der Waals surface area (Å²) >= 11 is 0. The van der Waals surface area contributed by atoms with E-state index in [1.54, 1.807) is 7.11 Å². The van der Waals surface area contributed by atoms with Gasteiger partial charge in [-0.1, -0.05) is 0 Å². The minimum Gasteiger partial charge on any atom is -0.396 e. The second-order valence-electron chi connectivity index (χ2n) is 5.51. The Morgan fingerprint density at radius 2 is 2.22 bits per heavy atom. The van der Waals surface area contributed by atoms with Crippen LogP contribution in [0.15, 0.2) is 0 Å². The molecule has 2 rings (SSSR count). The molecule has 1 spiro atoms. The molecule has 2 aliphatic heterocycles. The standard InChI is InChI=1S/C13H24N2O3/c1-18-7-2-12(17)15-8-11(9-16)13(10-15)3-5-14-6-4-13/h11,14,16H,2-10H2,1H3. The Morgan fingerprint density at radius 3 is 2.83 bits per heavy atom. The maximum Gasteiger partial charge on any atom is 0.224 e. The third kappa shape index (κ3) is 2.68. The minimum absolute atomic E-state index is 0.142. The molecule has 5 heteroatoms. The number of rotatable bonds is 4. The van der Waals surface area contributed by atoms with Crippen LogP contribution in [0.4, 0.5) is 0 Å². The quantitative estimate of drug-likeness (QED) is 0.734. The fourth-order valence-electron chi connectivity index (χ4n) is 3.31. The largest absolute Gasteiger partial charge is 0.396 e. The van der Waals surface area contributed by atoms with E-state index in [1.165, 1.54) is 0 Å². The zero-order chi connectivity index (χ0) is 13.0. The van der Waals surface area contributed by atoms with Gasteiger partial charge < -0.3 is 20.1 Å². The normalized spacial score (nSPS) is 26.8. The van der Waals surface area contributed by atoms with Gasteiger partial charge in [-0.2, -0.15) is 0 Å². The van der Waals surface area contributed by atoms with Crippen LogP contribution in [-0.2, 0) is 9.53 Å². The molecule has 2 N–H and O–H groups in total. The molecule has 1 amide bonds. The Hall–Kier alpha value is -0.650. The molecule has 0 saturated carbocycles. The first-order valence-electron chi connectivity index (χ1n) is 6.80. The third-order valence-electron chi connectivity index (χ3n) is 4.51. The number of likely N-dealkylation sites (tertiary alicyclic amines) is 1. The smallest absolute Gasteiger partial charge is 0.224 e. The zero-order valence-corrected chi connectivity index (χ0v) is 11.2. The molecule has 1 atom stereocenters. The molecular formula is C13H24N2O3. The summed E-state index contributed by atoms with van der Waals surface area (Å²) in [6, 6.07) is 0. The summed E-state index contributed by atoms with van der Waals surface area (Å²) in [6.07, 6.45) is 2.57. The van der Waals surface area contributed by atoms with E-state index in [9.17, 15) is 9.90 Å². The van der Waals surface area contributed by atoms with Crippen LogP contribution in [0.1, 0.15) is 19.3 Å². The molecule has 18 heavy (non-hydrogen) atoms. The molecule has 104 valence electrons. The average molecular weight is 256 g/mol. The lowest BCUT2D eigenvalue weighted by Gasteiger charge is -2.37. The predicted molar refractivity (Wildman–Crippen MR) is 68.2 cm³/mol. The number of methoxy groups -OCH3 is 1. The highest BCUT2D eigenvalue weighted by Gasteiger charge is 2.47. The van der Waals surface area contributed by atoms with Crippen molar-refractivity contribution in [2.45, 2.75) is 19.3 Å². The van der Waals surface area contributed by atoms with Crippen LogP contribution >= 0.6 is 0 Å². The number of nitrogens with zero attached hydrogens (tertiary/aromatic N) is 1. The van der Waals surface area contributed by atoms with Gasteiger partial charge in [0, 0.05) is 32.7 Å². The Balaban J connectivity index is 1.98. The van der Waals surface area contributed by atoms with Gasteiger partial charge in [0.25, 0.3) is 0 Å². The molecule has 2 fully saturated rings. The Bertz CT molecular complexity index is 290. The predicted octanol–water partition coefficient (Wildman–Crippen LogP) is -0.157. The van der Waals surface area contributed by atoms with Gasteiger partial charge in [-0.25, -0.2) is 0 Å². The number of aliphatic hydroxyl groups excluding tert-OH is 1. The first kappa shape index (κ1) is 13.8. The highest BCUT2D eigenvalue weighted by Crippen LogP contribution is 2.43. The maximum absolute atomic E-state index is 12.0. The van der Waals surface area contributed by atoms with E-state index in [0.717, 1.165) is 32.5 Å². The summed E-state index contributed by atoms with van der Waals surface area (Å²) < 4.78 is 4.96. The number of aliphatic hydroxyl groups is 1. The van der Waals surface area contributed by atoms with Crippen molar-refractivity contribution in [3.8, 4) is 0 Å². The van der Waals surface area contributed by atoms with Crippen LogP contribution in [0.3, 0.4) is 0 Å². The fraction of sp³-hybridized carbons (Fsp3) is 0.923. The number of ether oxygens (including phenoxy) is 1. The SMILES string of the molecule is COCCC(=O)N1CC(CO)C2(CCNCC2)C1. The van der Waals surface area contributed by atoms with Crippen molar-refractivity contribution in [3.63, 3.8) is 0 Å². The highest BCUT2D eigenvalue weighted by molar-refractivity contribution is 5.76. The van der Waals surface area contributed by atoms with Crippen molar-refractivity contribution < 1.29 is 14.6 Å². The summed E-state index contributed by atoms with van der Waals surface area (Å²) in [5.74, 6) is 0.400. The van der Waals surface area contributed by atoms with Crippen LogP contribution < -0.4 is 5.32 Å². The van der Waals surface area contributed by atoms with Crippen LogP contribution in [0.5, 0.6) is 0 Å². The zero-order valence-electron chi connectivity index (χ0n) is 11.2. The van der Waals surface area contributed by atoms with Crippen molar-refractivity contribution in [3.05, 3.63) is 0 Å². The van der Waals surface area contributed by atoms with Crippen molar-refractivity contribution in [1.82, 2.24) is 10.2 Å². The Kier molecular flexibility index (Phi) is 4.59. The van der Waals surface area contributed by atoms with Gasteiger partial charge in [0.2, 0.25) is 5.91 Å². The second kappa shape index (κ2) is 5.99. The van der Waals surface area contributed by atoms with Gasteiger partial charge in [-0.3, -0.25) is 4.79 Å². The average Bonchev–Trinajstić information content (AvgIpc) is 2.75. The van der Waals surface area contributed by atoms with E-state index in [1.807, 2.05) is 4.90 Å². The fourth-order valence-corrected chi connectivity index (χ4v) is 3.31. The van der Waals surface area contributed by atoms with Gasteiger partial charge in [0.15, 0.2) is 0 Å². The molecule has 0 aromatic carbocycles. The van der Waals surface area contributed by atoms with E-state index in [0.29, 0.717) is 19.6 Å². The first-order chi connectivity index (χ1) is 8.72.